The Hall–Kier alpha value is -2.93. The fourth-order valence-electron chi connectivity index (χ4n) is 3.38. The van der Waals surface area contributed by atoms with E-state index in [0.29, 0.717) is 29.5 Å². The van der Waals surface area contributed by atoms with Gasteiger partial charge in [-0.15, -0.1) is 10.2 Å². The Morgan fingerprint density at radius 1 is 1.00 bits per heavy atom. The number of benzene rings is 2. The van der Waals surface area contributed by atoms with Crippen molar-refractivity contribution < 1.29 is 4.42 Å². The zero-order chi connectivity index (χ0) is 20.9. The first kappa shape index (κ1) is 20.3. The highest BCUT2D eigenvalue weighted by atomic mass is 32.2. The third-order valence-electron chi connectivity index (χ3n) is 5.13. The van der Waals surface area contributed by atoms with E-state index in [2.05, 4.69) is 34.2 Å². The van der Waals surface area contributed by atoms with Gasteiger partial charge in [0, 0.05) is 12.3 Å². The molecule has 0 fully saturated rings. The van der Waals surface area contributed by atoms with Crippen molar-refractivity contribution in [2.45, 2.75) is 44.9 Å². The van der Waals surface area contributed by atoms with Crippen molar-refractivity contribution >= 4 is 22.7 Å². The Balaban J connectivity index is 1.27. The van der Waals surface area contributed by atoms with Crippen LogP contribution in [0.2, 0.25) is 0 Å². The molecule has 0 aliphatic rings. The molecular formula is C23H24N4O2S. The van der Waals surface area contributed by atoms with E-state index in [9.17, 15) is 4.79 Å². The molecule has 0 unspecified atom stereocenters. The molecular weight excluding hydrogens is 396 g/mol. The Morgan fingerprint density at radius 2 is 1.83 bits per heavy atom. The Kier molecular flexibility index (Phi) is 6.28. The number of rotatable bonds is 8. The van der Waals surface area contributed by atoms with Crippen LogP contribution < -0.4 is 5.56 Å². The van der Waals surface area contributed by atoms with Gasteiger partial charge in [0.05, 0.1) is 23.7 Å². The predicted molar refractivity (Wildman–Crippen MR) is 119 cm³/mol. The summed E-state index contributed by atoms with van der Waals surface area (Å²) in [5.74, 6) is 1.50. The highest BCUT2D eigenvalue weighted by Gasteiger charge is 2.09. The van der Waals surface area contributed by atoms with E-state index < -0.39 is 0 Å². The molecule has 2 aromatic carbocycles. The van der Waals surface area contributed by atoms with E-state index in [0.717, 1.165) is 29.7 Å². The van der Waals surface area contributed by atoms with E-state index >= 15 is 0 Å². The number of unbranched alkanes of at least 4 members (excludes halogenated alkanes) is 1. The van der Waals surface area contributed by atoms with Crippen molar-refractivity contribution in [1.82, 2.24) is 19.7 Å². The lowest BCUT2D eigenvalue weighted by molar-refractivity contribution is 0.420. The van der Waals surface area contributed by atoms with Gasteiger partial charge in [-0.1, -0.05) is 48.2 Å². The number of hydrogen-bond acceptors (Lipinski definition) is 6. The molecule has 2 heterocycles. The molecule has 0 saturated heterocycles. The monoisotopic (exact) mass is 420 g/mol. The van der Waals surface area contributed by atoms with Gasteiger partial charge in [0.1, 0.15) is 0 Å². The summed E-state index contributed by atoms with van der Waals surface area (Å²) >= 11 is 1.56. The lowest BCUT2D eigenvalue weighted by Gasteiger charge is -2.07. The van der Waals surface area contributed by atoms with Crippen molar-refractivity contribution in [2.24, 2.45) is 0 Å². The van der Waals surface area contributed by atoms with Crippen molar-refractivity contribution in [3.8, 4) is 0 Å². The minimum Gasteiger partial charge on any atom is -0.416 e. The average molecular weight is 421 g/mol. The van der Waals surface area contributed by atoms with Crippen LogP contribution >= 0.6 is 11.8 Å². The number of aryl methyl sites for hydroxylation is 3. The third-order valence-corrected chi connectivity index (χ3v) is 6.03. The van der Waals surface area contributed by atoms with E-state index in [1.807, 2.05) is 37.3 Å². The van der Waals surface area contributed by atoms with Gasteiger partial charge >= 0.3 is 0 Å². The zero-order valence-corrected chi connectivity index (χ0v) is 18.0. The number of fused-ring (bicyclic) bond motifs is 1. The summed E-state index contributed by atoms with van der Waals surface area (Å²) in [7, 11) is 0. The molecule has 7 heteroatoms. The third kappa shape index (κ3) is 4.62. The quantitative estimate of drug-likeness (QED) is 0.307. The fraction of sp³-hybridized carbons (Fsp3) is 0.304. The molecule has 0 N–H and O–H groups in total. The number of nitrogens with zero attached hydrogens (tertiary/aromatic N) is 4. The first-order chi connectivity index (χ1) is 14.6. The summed E-state index contributed by atoms with van der Waals surface area (Å²) in [6.07, 6.45) is 4.13. The predicted octanol–water partition coefficient (Wildman–Crippen LogP) is 4.56. The molecule has 154 valence electrons. The molecule has 6 nitrogen and oxygen atoms in total. The second kappa shape index (κ2) is 9.26. The SMILES string of the molecule is Cc1ccccc1Cc1nnc(SCCCCn2cnc3c(C)cccc3c2=O)o1. The van der Waals surface area contributed by atoms with Crippen LogP contribution in [-0.4, -0.2) is 25.5 Å². The summed E-state index contributed by atoms with van der Waals surface area (Å²) in [4.78, 5) is 17.1. The molecule has 0 spiro atoms. The summed E-state index contributed by atoms with van der Waals surface area (Å²) in [5.41, 5.74) is 4.25. The van der Waals surface area contributed by atoms with Crippen LogP contribution in [0.4, 0.5) is 0 Å². The molecule has 0 aliphatic carbocycles. The van der Waals surface area contributed by atoms with E-state index in [1.165, 1.54) is 11.1 Å². The number of aromatic nitrogens is 4. The molecule has 4 rings (SSSR count). The Labute approximate surface area is 179 Å². The van der Waals surface area contributed by atoms with Crippen molar-refractivity contribution in [3.63, 3.8) is 0 Å². The van der Waals surface area contributed by atoms with E-state index in [1.54, 1.807) is 22.7 Å². The molecule has 30 heavy (non-hydrogen) atoms. The minimum absolute atomic E-state index is 0.0223. The van der Waals surface area contributed by atoms with E-state index in [4.69, 9.17) is 4.42 Å². The standard InChI is InChI=1S/C23H24N4O2S/c1-16-8-3-4-10-18(16)14-20-25-26-23(29-20)30-13-6-5-12-27-15-24-21-17(2)9-7-11-19(21)22(27)28/h3-4,7-11,15H,5-6,12-14H2,1-2H3. The van der Waals surface area contributed by atoms with Crippen LogP contribution in [0.1, 0.15) is 35.4 Å². The maximum atomic E-state index is 12.6. The minimum atomic E-state index is 0.0223. The zero-order valence-electron chi connectivity index (χ0n) is 17.2. The van der Waals surface area contributed by atoms with Crippen LogP contribution in [0.3, 0.4) is 0 Å². The Morgan fingerprint density at radius 3 is 2.70 bits per heavy atom. The second-order valence-corrected chi connectivity index (χ2v) is 8.38. The van der Waals surface area contributed by atoms with Gasteiger partial charge in [0.25, 0.3) is 10.8 Å². The molecule has 0 aliphatic heterocycles. The van der Waals surface area contributed by atoms with Gasteiger partial charge in [-0.2, -0.15) is 0 Å². The lowest BCUT2D eigenvalue weighted by atomic mass is 10.1. The van der Waals surface area contributed by atoms with Crippen molar-refractivity contribution in [3.05, 3.63) is 81.7 Å². The van der Waals surface area contributed by atoms with Gasteiger partial charge in [0.15, 0.2) is 0 Å². The highest BCUT2D eigenvalue weighted by molar-refractivity contribution is 7.99. The van der Waals surface area contributed by atoms with Crippen LogP contribution in [0.25, 0.3) is 10.9 Å². The summed E-state index contributed by atoms with van der Waals surface area (Å²) in [6, 6.07) is 13.9. The summed E-state index contributed by atoms with van der Waals surface area (Å²) < 4.78 is 7.46. The van der Waals surface area contributed by atoms with Crippen LogP contribution in [0, 0.1) is 13.8 Å². The maximum Gasteiger partial charge on any atom is 0.276 e. The maximum absolute atomic E-state index is 12.6. The number of para-hydroxylation sites is 1. The van der Waals surface area contributed by atoms with Gasteiger partial charge in [0.2, 0.25) is 5.89 Å². The molecule has 0 radical (unpaired) electrons. The molecule has 4 aromatic rings. The normalized spacial score (nSPS) is 11.3. The van der Waals surface area contributed by atoms with Crippen LogP contribution in [0.15, 0.2) is 63.2 Å². The van der Waals surface area contributed by atoms with Gasteiger partial charge in [-0.3, -0.25) is 9.36 Å². The highest BCUT2D eigenvalue weighted by Crippen LogP contribution is 2.20. The first-order valence-corrected chi connectivity index (χ1v) is 11.0. The van der Waals surface area contributed by atoms with Crippen molar-refractivity contribution in [1.29, 1.82) is 0 Å². The van der Waals surface area contributed by atoms with Crippen LogP contribution in [0.5, 0.6) is 0 Å². The molecule has 0 amide bonds. The van der Waals surface area contributed by atoms with Gasteiger partial charge < -0.3 is 4.42 Å². The second-order valence-electron chi connectivity index (χ2n) is 7.33. The largest absolute Gasteiger partial charge is 0.416 e. The van der Waals surface area contributed by atoms with Crippen LogP contribution in [-0.2, 0) is 13.0 Å². The lowest BCUT2D eigenvalue weighted by Crippen LogP contribution is -2.21. The molecule has 2 aromatic heterocycles. The van der Waals surface area contributed by atoms with Crippen molar-refractivity contribution in [2.75, 3.05) is 5.75 Å². The van der Waals surface area contributed by atoms with E-state index in [-0.39, 0.29) is 5.56 Å². The average Bonchev–Trinajstić information content (AvgIpc) is 3.19. The molecule has 0 atom stereocenters. The topological polar surface area (TPSA) is 73.8 Å². The molecule has 0 bridgehead atoms. The molecule has 0 saturated carbocycles. The Bertz CT molecular complexity index is 1220. The summed E-state index contributed by atoms with van der Waals surface area (Å²) in [6.45, 7) is 4.71. The smallest absolute Gasteiger partial charge is 0.276 e. The number of thioether (sulfide) groups is 1. The van der Waals surface area contributed by atoms with Gasteiger partial charge in [-0.05, 0) is 49.4 Å². The number of hydrogen-bond donors (Lipinski definition) is 0. The summed E-state index contributed by atoms with van der Waals surface area (Å²) in [5, 5.41) is 9.57. The van der Waals surface area contributed by atoms with Gasteiger partial charge in [-0.25, -0.2) is 4.98 Å². The fourth-order valence-corrected chi connectivity index (χ4v) is 4.16. The first-order valence-electron chi connectivity index (χ1n) is 10.1.